The molecule has 0 radical (unpaired) electrons. The van der Waals surface area contributed by atoms with E-state index in [4.69, 9.17) is 0 Å². The predicted molar refractivity (Wildman–Crippen MR) is 80.4 cm³/mol. The van der Waals surface area contributed by atoms with Crippen LogP contribution in [0.3, 0.4) is 0 Å². The van der Waals surface area contributed by atoms with Crippen LogP contribution in [-0.2, 0) is 6.42 Å². The third kappa shape index (κ3) is 4.52. The zero-order chi connectivity index (χ0) is 12.8. The van der Waals surface area contributed by atoms with E-state index in [9.17, 15) is 0 Å². The van der Waals surface area contributed by atoms with E-state index in [1.165, 1.54) is 35.0 Å². The van der Waals surface area contributed by atoms with Crippen molar-refractivity contribution < 1.29 is 0 Å². The highest BCUT2D eigenvalue weighted by molar-refractivity contribution is 7.99. The van der Waals surface area contributed by atoms with E-state index in [2.05, 4.69) is 41.1 Å². The van der Waals surface area contributed by atoms with Gasteiger partial charge in [-0.1, -0.05) is 20.3 Å². The van der Waals surface area contributed by atoms with Crippen molar-refractivity contribution in [1.29, 1.82) is 0 Å². The van der Waals surface area contributed by atoms with E-state index < -0.39 is 0 Å². The third-order valence-electron chi connectivity index (χ3n) is 3.01. The van der Waals surface area contributed by atoms with Crippen LogP contribution in [0.5, 0.6) is 0 Å². The summed E-state index contributed by atoms with van der Waals surface area (Å²) >= 11 is 3.87. The molecule has 1 saturated heterocycles. The average Bonchev–Trinajstić information content (AvgIpc) is 2.84. The molecule has 1 unspecified atom stereocenters. The van der Waals surface area contributed by atoms with Crippen molar-refractivity contribution in [3.63, 3.8) is 0 Å². The van der Waals surface area contributed by atoms with Gasteiger partial charge in [0.05, 0.1) is 5.25 Å². The van der Waals surface area contributed by atoms with Gasteiger partial charge in [-0.15, -0.1) is 21.5 Å². The van der Waals surface area contributed by atoms with Crippen LogP contribution in [0.25, 0.3) is 0 Å². The van der Waals surface area contributed by atoms with Crippen LogP contribution >= 0.6 is 23.1 Å². The van der Waals surface area contributed by atoms with Crippen molar-refractivity contribution in [2.24, 2.45) is 5.92 Å². The second-order valence-electron chi connectivity index (χ2n) is 5.24. The summed E-state index contributed by atoms with van der Waals surface area (Å²) in [6.45, 7) is 6.57. The van der Waals surface area contributed by atoms with E-state index in [1.54, 1.807) is 0 Å². The first-order valence-corrected chi connectivity index (χ1v) is 8.77. The molecule has 1 aliphatic rings. The minimum Gasteiger partial charge on any atom is -0.316 e. The summed E-state index contributed by atoms with van der Waals surface area (Å²) in [6, 6.07) is 0. The average molecular weight is 285 g/mol. The molecule has 102 valence electrons. The predicted octanol–water partition coefficient (Wildman–Crippen LogP) is 3.28. The van der Waals surface area contributed by atoms with Crippen LogP contribution in [0.4, 0.5) is 0 Å². The SMILES string of the molecule is CC(C)CNCCc1nnc(C2CCCCS2)s1. The molecule has 2 heterocycles. The van der Waals surface area contributed by atoms with Gasteiger partial charge in [0.2, 0.25) is 0 Å². The molecular weight excluding hydrogens is 262 g/mol. The Labute approximate surface area is 118 Å². The van der Waals surface area contributed by atoms with Gasteiger partial charge in [0.15, 0.2) is 0 Å². The summed E-state index contributed by atoms with van der Waals surface area (Å²) in [5.41, 5.74) is 0. The number of nitrogens with zero attached hydrogens (tertiary/aromatic N) is 2. The quantitative estimate of drug-likeness (QED) is 0.814. The second-order valence-corrected chi connectivity index (χ2v) is 7.64. The molecule has 0 bridgehead atoms. The Bertz CT molecular complexity index is 346. The lowest BCUT2D eigenvalue weighted by Crippen LogP contribution is -2.22. The maximum absolute atomic E-state index is 4.37. The lowest BCUT2D eigenvalue weighted by atomic mass is 10.2. The fourth-order valence-corrected chi connectivity index (χ4v) is 4.40. The van der Waals surface area contributed by atoms with E-state index in [0.29, 0.717) is 11.2 Å². The maximum atomic E-state index is 4.37. The molecule has 1 fully saturated rings. The smallest absolute Gasteiger partial charge is 0.130 e. The van der Waals surface area contributed by atoms with Crippen LogP contribution < -0.4 is 5.32 Å². The molecule has 0 aliphatic carbocycles. The van der Waals surface area contributed by atoms with E-state index in [0.717, 1.165) is 19.5 Å². The number of nitrogens with one attached hydrogen (secondary N) is 1. The Balaban J connectivity index is 1.75. The molecule has 1 aromatic rings. The van der Waals surface area contributed by atoms with E-state index >= 15 is 0 Å². The molecule has 0 spiro atoms. The zero-order valence-corrected chi connectivity index (χ0v) is 12.9. The van der Waals surface area contributed by atoms with Gasteiger partial charge in [0.25, 0.3) is 0 Å². The summed E-state index contributed by atoms with van der Waals surface area (Å²) in [7, 11) is 0. The van der Waals surface area contributed by atoms with Gasteiger partial charge in [-0.25, -0.2) is 0 Å². The van der Waals surface area contributed by atoms with Gasteiger partial charge >= 0.3 is 0 Å². The van der Waals surface area contributed by atoms with Crippen molar-refractivity contribution in [1.82, 2.24) is 15.5 Å². The summed E-state index contributed by atoms with van der Waals surface area (Å²) in [4.78, 5) is 0. The van der Waals surface area contributed by atoms with Crippen molar-refractivity contribution >= 4 is 23.1 Å². The first-order chi connectivity index (χ1) is 8.75. The molecule has 1 atom stereocenters. The fourth-order valence-electron chi connectivity index (χ4n) is 2.02. The molecular formula is C13H23N3S2. The minimum atomic E-state index is 0.619. The second kappa shape index (κ2) is 7.46. The van der Waals surface area contributed by atoms with E-state index in [-0.39, 0.29) is 0 Å². The first kappa shape index (κ1) is 14.3. The number of aromatic nitrogens is 2. The Morgan fingerprint density at radius 3 is 2.94 bits per heavy atom. The highest BCUT2D eigenvalue weighted by atomic mass is 32.2. The summed E-state index contributed by atoms with van der Waals surface area (Å²) < 4.78 is 0. The van der Waals surface area contributed by atoms with Gasteiger partial charge in [-0.2, -0.15) is 11.8 Å². The van der Waals surface area contributed by atoms with Crippen LogP contribution in [0.1, 0.15) is 48.4 Å². The van der Waals surface area contributed by atoms with Crippen LogP contribution in [0.15, 0.2) is 0 Å². The molecule has 0 amide bonds. The molecule has 3 nitrogen and oxygen atoms in total. The Hall–Kier alpha value is -0.130. The number of hydrogen-bond donors (Lipinski definition) is 1. The standard InChI is InChI=1S/C13H23N3S2/c1-10(2)9-14-7-6-12-15-16-13(18-12)11-5-3-4-8-17-11/h10-11,14H,3-9H2,1-2H3. The van der Waals surface area contributed by atoms with Crippen molar-refractivity contribution in [2.75, 3.05) is 18.8 Å². The zero-order valence-electron chi connectivity index (χ0n) is 11.3. The van der Waals surface area contributed by atoms with Gasteiger partial charge in [-0.3, -0.25) is 0 Å². The fraction of sp³-hybridized carbons (Fsp3) is 0.846. The minimum absolute atomic E-state index is 0.619. The molecule has 5 heteroatoms. The lowest BCUT2D eigenvalue weighted by Gasteiger charge is -2.17. The largest absolute Gasteiger partial charge is 0.316 e. The summed E-state index contributed by atoms with van der Waals surface area (Å²) in [6.07, 6.45) is 5.02. The van der Waals surface area contributed by atoms with Crippen LogP contribution in [0, 0.1) is 5.92 Å². The van der Waals surface area contributed by atoms with Crippen LogP contribution in [-0.4, -0.2) is 29.0 Å². The lowest BCUT2D eigenvalue weighted by molar-refractivity contribution is 0.553. The molecule has 1 N–H and O–H groups in total. The highest BCUT2D eigenvalue weighted by Crippen LogP contribution is 2.39. The van der Waals surface area contributed by atoms with Crippen LogP contribution in [0.2, 0.25) is 0 Å². The molecule has 1 aromatic heterocycles. The first-order valence-electron chi connectivity index (χ1n) is 6.90. The summed E-state index contributed by atoms with van der Waals surface area (Å²) in [5.74, 6) is 2.00. The number of hydrogen-bond acceptors (Lipinski definition) is 5. The third-order valence-corrected chi connectivity index (χ3v) is 5.64. The molecule has 0 aromatic carbocycles. The number of thioether (sulfide) groups is 1. The van der Waals surface area contributed by atoms with Crippen molar-refractivity contribution in [2.45, 2.75) is 44.8 Å². The number of rotatable bonds is 6. The Morgan fingerprint density at radius 1 is 1.33 bits per heavy atom. The topological polar surface area (TPSA) is 37.8 Å². The maximum Gasteiger partial charge on any atom is 0.130 e. The monoisotopic (exact) mass is 285 g/mol. The van der Waals surface area contributed by atoms with Crippen molar-refractivity contribution in [3.8, 4) is 0 Å². The van der Waals surface area contributed by atoms with Gasteiger partial charge in [0, 0.05) is 13.0 Å². The normalized spacial score (nSPS) is 20.5. The van der Waals surface area contributed by atoms with Gasteiger partial charge < -0.3 is 5.32 Å². The molecule has 0 saturated carbocycles. The molecule has 1 aliphatic heterocycles. The van der Waals surface area contributed by atoms with Crippen molar-refractivity contribution in [3.05, 3.63) is 10.0 Å². The molecule has 18 heavy (non-hydrogen) atoms. The summed E-state index contributed by atoms with van der Waals surface area (Å²) in [5, 5.41) is 15.2. The Morgan fingerprint density at radius 2 is 2.22 bits per heavy atom. The van der Waals surface area contributed by atoms with Gasteiger partial charge in [0.1, 0.15) is 10.0 Å². The molecule has 2 rings (SSSR count). The highest BCUT2D eigenvalue weighted by Gasteiger charge is 2.19. The van der Waals surface area contributed by atoms with Gasteiger partial charge in [-0.05, 0) is 31.1 Å². The Kier molecular flexibility index (Phi) is 5.92. The van der Waals surface area contributed by atoms with E-state index in [1.807, 2.05) is 11.3 Å².